The predicted molar refractivity (Wildman–Crippen MR) is 43.5 cm³/mol. The molecule has 12 heavy (non-hydrogen) atoms. The summed E-state index contributed by atoms with van der Waals surface area (Å²) in [4.78, 5) is 10.7. The molecule has 0 aromatic heterocycles. The molecule has 1 amide bonds. The molecule has 0 aromatic rings. The van der Waals surface area contributed by atoms with Crippen molar-refractivity contribution >= 4 is 5.91 Å². The largest absolute Gasteiger partial charge is 0.371 e. The van der Waals surface area contributed by atoms with Gasteiger partial charge in [-0.1, -0.05) is 6.58 Å². The van der Waals surface area contributed by atoms with Gasteiger partial charge in [0, 0.05) is 0 Å². The minimum absolute atomic E-state index is 0.223. The third-order valence-corrected chi connectivity index (χ3v) is 1.47. The SMILES string of the molecule is C=CC(=O)NC(C)OCC1CO1. The van der Waals surface area contributed by atoms with Crippen molar-refractivity contribution in [3.63, 3.8) is 0 Å². The van der Waals surface area contributed by atoms with E-state index in [0.29, 0.717) is 6.61 Å². The molecule has 1 aliphatic rings. The van der Waals surface area contributed by atoms with Gasteiger partial charge in [-0.3, -0.25) is 4.79 Å². The van der Waals surface area contributed by atoms with Gasteiger partial charge in [-0.15, -0.1) is 0 Å². The molecule has 2 atom stereocenters. The summed E-state index contributed by atoms with van der Waals surface area (Å²) < 4.78 is 10.2. The van der Waals surface area contributed by atoms with Crippen LogP contribution in [-0.2, 0) is 14.3 Å². The number of nitrogens with one attached hydrogen (secondary N) is 1. The van der Waals surface area contributed by atoms with Crippen LogP contribution in [0.5, 0.6) is 0 Å². The van der Waals surface area contributed by atoms with E-state index in [4.69, 9.17) is 9.47 Å². The summed E-state index contributed by atoms with van der Waals surface area (Å²) in [5.41, 5.74) is 0. The highest BCUT2D eigenvalue weighted by Gasteiger charge is 2.23. The van der Waals surface area contributed by atoms with E-state index in [0.717, 1.165) is 6.61 Å². The fourth-order valence-electron chi connectivity index (χ4n) is 0.717. The lowest BCUT2D eigenvalue weighted by molar-refractivity contribution is -0.120. The van der Waals surface area contributed by atoms with Crippen LogP contribution in [0.4, 0.5) is 0 Å². The standard InChI is InChI=1S/C8H13NO3/c1-3-8(10)9-6(2)11-4-7-5-12-7/h3,6-7H,1,4-5H2,2H3,(H,9,10). The molecule has 0 spiro atoms. The van der Waals surface area contributed by atoms with Gasteiger partial charge in [0.1, 0.15) is 12.3 Å². The lowest BCUT2D eigenvalue weighted by atomic mass is 10.5. The third-order valence-electron chi connectivity index (χ3n) is 1.47. The van der Waals surface area contributed by atoms with Gasteiger partial charge in [0.2, 0.25) is 5.91 Å². The monoisotopic (exact) mass is 171 g/mol. The molecule has 2 unspecified atom stereocenters. The van der Waals surface area contributed by atoms with Crippen molar-refractivity contribution in [3.8, 4) is 0 Å². The Morgan fingerprint density at radius 2 is 2.67 bits per heavy atom. The van der Waals surface area contributed by atoms with E-state index in [1.165, 1.54) is 6.08 Å². The topological polar surface area (TPSA) is 50.9 Å². The van der Waals surface area contributed by atoms with E-state index >= 15 is 0 Å². The Morgan fingerprint density at radius 1 is 2.00 bits per heavy atom. The molecule has 1 rings (SSSR count). The maximum absolute atomic E-state index is 10.7. The maximum Gasteiger partial charge on any atom is 0.245 e. The van der Waals surface area contributed by atoms with Crippen molar-refractivity contribution in [1.29, 1.82) is 0 Å². The summed E-state index contributed by atoms with van der Waals surface area (Å²) in [6.45, 7) is 6.40. The molecule has 0 saturated carbocycles. The van der Waals surface area contributed by atoms with Crippen molar-refractivity contribution in [3.05, 3.63) is 12.7 Å². The highest BCUT2D eigenvalue weighted by atomic mass is 16.6. The van der Waals surface area contributed by atoms with Gasteiger partial charge in [0.25, 0.3) is 0 Å². The van der Waals surface area contributed by atoms with E-state index < -0.39 is 0 Å². The number of carbonyl (C=O) groups is 1. The molecule has 0 aromatic carbocycles. The number of epoxide rings is 1. The Bertz CT molecular complexity index is 177. The van der Waals surface area contributed by atoms with Gasteiger partial charge in [-0.2, -0.15) is 0 Å². The Morgan fingerprint density at radius 3 is 3.17 bits per heavy atom. The molecule has 1 fully saturated rings. The zero-order chi connectivity index (χ0) is 8.97. The zero-order valence-electron chi connectivity index (χ0n) is 7.08. The van der Waals surface area contributed by atoms with Crippen molar-refractivity contribution in [2.75, 3.05) is 13.2 Å². The summed E-state index contributed by atoms with van der Waals surface area (Å²) in [6, 6.07) is 0. The number of rotatable bonds is 5. The molecule has 0 radical (unpaired) electrons. The van der Waals surface area contributed by atoms with Gasteiger partial charge >= 0.3 is 0 Å². The molecule has 0 aliphatic carbocycles. The average Bonchev–Trinajstić information content (AvgIpc) is 2.83. The smallest absolute Gasteiger partial charge is 0.245 e. The maximum atomic E-state index is 10.7. The Kier molecular flexibility index (Phi) is 3.25. The quantitative estimate of drug-likeness (QED) is 0.361. The number of hydrogen-bond acceptors (Lipinski definition) is 3. The molecule has 1 saturated heterocycles. The first-order valence-electron chi connectivity index (χ1n) is 3.88. The molecule has 1 aliphatic heterocycles. The molecular formula is C8H13NO3. The first kappa shape index (κ1) is 9.22. The minimum atomic E-state index is -0.278. The van der Waals surface area contributed by atoms with Crippen molar-refractivity contribution < 1.29 is 14.3 Å². The lowest BCUT2D eigenvalue weighted by Gasteiger charge is -2.12. The summed E-state index contributed by atoms with van der Waals surface area (Å²) in [6.07, 6.45) is 1.17. The molecule has 1 N–H and O–H groups in total. The van der Waals surface area contributed by atoms with Crippen molar-refractivity contribution in [1.82, 2.24) is 5.32 Å². The summed E-state index contributed by atoms with van der Waals surface area (Å²) in [7, 11) is 0. The van der Waals surface area contributed by atoms with E-state index in [1.54, 1.807) is 6.92 Å². The summed E-state index contributed by atoms with van der Waals surface area (Å²) >= 11 is 0. The highest BCUT2D eigenvalue weighted by molar-refractivity contribution is 5.86. The zero-order valence-corrected chi connectivity index (χ0v) is 7.08. The van der Waals surface area contributed by atoms with E-state index in [1.807, 2.05) is 0 Å². The van der Waals surface area contributed by atoms with Crippen LogP contribution in [0.25, 0.3) is 0 Å². The van der Waals surface area contributed by atoms with Crippen molar-refractivity contribution in [2.45, 2.75) is 19.3 Å². The molecular weight excluding hydrogens is 158 g/mol. The minimum Gasteiger partial charge on any atom is -0.371 e. The van der Waals surface area contributed by atoms with E-state index in [9.17, 15) is 4.79 Å². The first-order chi connectivity index (χ1) is 5.72. The third kappa shape index (κ3) is 3.50. The van der Waals surface area contributed by atoms with Crippen LogP contribution < -0.4 is 5.32 Å². The number of ether oxygens (including phenoxy) is 2. The molecule has 4 heteroatoms. The fourth-order valence-corrected chi connectivity index (χ4v) is 0.717. The van der Waals surface area contributed by atoms with Gasteiger partial charge in [-0.25, -0.2) is 0 Å². The van der Waals surface area contributed by atoms with E-state index in [-0.39, 0.29) is 18.2 Å². The average molecular weight is 171 g/mol. The second-order valence-corrected chi connectivity index (χ2v) is 2.64. The Hall–Kier alpha value is -0.870. The van der Waals surface area contributed by atoms with E-state index in [2.05, 4.69) is 11.9 Å². The second-order valence-electron chi connectivity index (χ2n) is 2.64. The summed E-state index contributed by atoms with van der Waals surface area (Å²) in [5.74, 6) is -0.223. The lowest BCUT2D eigenvalue weighted by Crippen LogP contribution is -2.34. The van der Waals surface area contributed by atoms with Crippen LogP contribution in [0, 0.1) is 0 Å². The van der Waals surface area contributed by atoms with Gasteiger partial charge in [0.05, 0.1) is 13.2 Å². The van der Waals surface area contributed by atoms with Crippen molar-refractivity contribution in [2.24, 2.45) is 0 Å². The van der Waals surface area contributed by atoms with Gasteiger partial charge in [0.15, 0.2) is 0 Å². The number of carbonyl (C=O) groups excluding carboxylic acids is 1. The highest BCUT2D eigenvalue weighted by Crippen LogP contribution is 2.08. The van der Waals surface area contributed by atoms with Gasteiger partial charge in [-0.05, 0) is 13.0 Å². The molecule has 4 nitrogen and oxygen atoms in total. The van der Waals surface area contributed by atoms with Gasteiger partial charge < -0.3 is 14.8 Å². The van der Waals surface area contributed by atoms with Crippen LogP contribution in [0.2, 0.25) is 0 Å². The molecule has 1 heterocycles. The second kappa shape index (κ2) is 4.23. The molecule has 68 valence electrons. The van der Waals surface area contributed by atoms with Crippen LogP contribution in [0.1, 0.15) is 6.92 Å². The van der Waals surface area contributed by atoms with Crippen LogP contribution in [-0.4, -0.2) is 31.5 Å². The predicted octanol–water partition coefficient (Wildman–Crippen LogP) is 0.0500. The number of amides is 1. The summed E-state index contributed by atoms with van der Waals surface area (Å²) in [5, 5.41) is 2.58. The Balaban J connectivity index is 2.05. The van der Waals surface area contributed by atoms with Crippen LogP contribution in [0.15, 0.2) is 12.7 Å². The normalized spacial score (nSPS) is 22.9. The number of hydrogen-bond donors (Lipinski definition) is 1. The van der Waals surface area contributed by atoms with Crippen LogP contribution in [0.3, 0.4) is 0 Å². The fraction of sp³-hybridized carbons (Fsp3) is 0.625. The Labute approximate surface area is 71.5 Å². The van der Waals surface area contributed by atoms with Crippen LogP contribution >= 0.6 is 0 Å². The molecule has 0 bridgehead atoms. The first-order valence-corrected chi connectivity index (χ1v) is 3.88.